The number of amides is 1. The second-order valence-corrected chi connectivity index (χ2v) is 11.0. The molecule has 0 N–H and O–H groups in total. The summed E-state index contributed by atoms with van der Waals surface area (Å²) in [7, 11) is -2.30. The van der Waals surface area contributed by atoms with Gasteiger partial charge in [-0.15, -0.1) is 6.58 Å². The number of thiazole rings is 1. The molecule has 0 fully saturated rings. The Labute approximate surface area is 211 Å². The average molecular weight is 532 g/mol. The van der Waals surface area contributed by atoms with Gasteiger partial charge in [0.2, 0.25) is 0 Å². The highest BCUT2D eigenvalue weighted by Gasteiger charge is 2.21. The highest BCUT2D eigenvalue weighted by atomic mass is 35.5. The molecule has 0 atom stereocenters. The number of anilines is 1. The lowest BCUT2D eigenvalue weighted by Gasteiger charge is -2.19. The minimum absolute atomic E-state index is 0.0698. The molecule has 6 nitrogen and oxygen atoms in total. The molecule has 3 aromatic carbocycles. The van der Waals surface area contributed by atoms with Crippen LogP contribution in [0.25, 0.3) is 10.2 Å². The van der Waals surface area contributed by atoms with Crippen LogP contribution >= 0.6 is 34.5 Å². The van der Waals surface area contributed by atoms with E-state index in [4.69, 9.17) is 23.2 Å². The van der Waals surface area contributed by atoms with Crippen molar-refractivity contribution in [3.8, 4) is 0 Å². The lowest BCUT2D eigenvalue weighted by atomic mass is 10.2. The van der Waals surface area contributed by atoms with Crippen molar-refractivity contribution in [3.05, 3.63) is 99.8 Å². The Hall–Kier alpha value is -2.91. The van der Waals surface area contributed by atoms with Crippen LogP contribution in [0.4, 0.5) is 5.69 Å². The number of para-hydroxylation sites is 1. The maximum atomic E-state index is 13.0. The van der Waals surface area contributed by atoms with E-state index in [1.165, 1.54) is 47.0 Å². The van der Waals surface area contributed by atoms with E-state index in [-0.39, 0.29) is 10.5 Å². The van der Waals surface area contributed by atoms with Gasteiger partial charge in [0, 0.05) is 19.2 Å². The van der Waals surface area contributed by atoms with E-state index < -0.39 is 15.9 Å². The fourth-order valence-corrected chi connectivity index (χ4v) is 6.06. The SMILES string of the molecule is C=CCn1c(=NC(=O)c2ccc(S(=O)(=O)N(C)c3ccccc3)cc2)sc2ccc(Cl)c(Cl)c21. The second kappa shape index (κ2) is 9.76. The van der Waals surface area contributed by atoms with Crippen LogP contribution in [0.1, 0.15) is 10.4 Å². The van der Waals surface area contributed by atoms with E-state index >= 15 is 0 Å². The molecule has 0 aliphatic heterocycles. The number of rotatable bonds is 6. The van der Waals surface area contributed by atoms with Gasteiger partial charge >= 0.3 is 0 Å². The predicted molar refractivity (Wildman–Crippen MR) is 138 cm³/mol. The van der Waals surface area contributed by atoms with E-state index in [9.17, 15) is 13.2 Å². The first-order valence-corrected chi connectivity index (χ1v) is 13.1. The molecule has 34 heavy (non-hydrogen) atoms. The molecule has 0 radical (unpaired) electrons. The Kier molecular flexibility index (Phi) is 6.95. The number of hydrogen-bond acceptors (Lipinski definition) is 4. The van der Waals surface area contributed by atoms with Crippen LogP contribution in [0.15, 0.2) is 89.3 Å². The fraction of sp³-hybridized carbons (Fsp3) is 0.0833. The highest BCUT2D eigenvalue weighted by molar-refractivity contribution is 7.92. The number of carbonyl (C=O) groups is 1. The van der Waals surface area contributed by atoms with E-state index in [0.29, 0.717) is 32.6 Å². The smallest absolute Gasteiger partial charge is 0.279 e. The number of benzene rings is 3. The molecule has 4 aromatic rings. The molecule has 0 aliphatic carbocycles. The Bertz CT molecular complexity index is 1560. The third-order valence-corrected chi connectivity index (χ3v) is 8.76. The molecule has 0 aliphatic rings. The first-order valence-electron chi connectivity index (χ1n) is 10.1. The number of sulfonamides is 1. The van der Waals surface area contributed by atoms with Crippen molar-refractivity contribution in [2.75, 3.05) is 11.4 Å². The zero-order chi connectivity index (χ0) is 24.5. The standard InChI is InChI=1S/C24H19Cl2N3O3S2/c1-3-15-29-22-20(14-13-19(25)21(22)26)33-24(29)27-23(30)16-9-11-18(12-10-16)34(31,32)28(2)17-7-5-4-6-8-17/h3-14H,1,15H2,2H3. The molecule has 0 spiro atoms. The van der Waals surface area contributed by atoms with Crippen molar-refractivity contribution in [1.29, 1.82) is 0 Å². The largest absolute Gasteiger partial charge is 0.311 e. The van der Waals surface area contributed by atoms with Crippen molar-refractivity contribution in [2.24, 2.45) is 4.99 Å². The molecule has 0 saturated heterocycles. The third-order valence-electron chi connectivity index (χ3n) is 5.12. The van der Waals surface area contributed by atoms with Gasteiger partial charge in [-0.25, -0.2) is 8.42 Å². The fourth-order valence-electron chi connectivity index (χ4n) is 3.34. The van der Waals surface area contributed by atoms with Crippen LogP contribution in [0.2, 0.25) is 10.0 Å². The highest BCUT2D eigenvalue weighted by Crippen LogP contribution is 2.32. The predicted octanol–water partition coefficient (Wildman–Crippen LogP) is 5.76. The number of carbonyl (C=O) groups excluding carboxylic acids is 1. The van der Waals surface area contributed by atoms with Gasteiger partial charge in [-0.05, 0) is 48.5 Å². The Morgan fingerprint density at radius 1 is 1.09 bits per heavy atom. The first-order chi connectivity index (χ1) is 16.2. The molecule has 10 heteroatoms. The van der Waals surface area contributed by atoms with Crippen LogP contribution < -0.4 is 9.11 Å². The quantitative estimate of drug-likeness (QED) is 0.297. The van der Waals surface area contributed by atoms with Crippen LogP contribution in [0.5, 0.6) is 0 Å². The summed E-state index contributed by atoms with van der Waals surface area (Å²) < 4.78 is 29.7. The lowest BCUT2D eigenvalue weighted by Crippen LogP contribution is -2.26. The number of nitrogens with zero attached hydrogens (tertiary/aromatic N) is 3. The van der Waals surface area contributed by atoms with E-state index in [1.54, 1.807) is 41.0 Å². The number of fused-ring (bicyclic) bond motifs is 1. The molecule has 1 heterocycles. The molecule has 4 rings (SSSR count). The van der Waals surface area contributed by atoms with Gasteiger partial charge in [0.05, 0.1) is 30.8 Å². The number of halogens is 2. The van der Waals surface area contributed by atoms with Crippen molar-refractivity contribution >= 4 is 66.4 Å². The Morgan fingerprint density at radius 3 is 2.41 bits per heavy atom. The summed E-state index contributed by atoms with van der Waals surface area (Å²) in [6, 6.07) is 18.0. The summed E-state index contributed by atoms with van der Waals surface area (Å²) in [6.45, 7) is 4.15. The summed E-state index contributed by atoms with van der Waals surface area (Å²) in [5, 5.41) is 0.781. The molecule has 0 saturated carbocycles. The zero-order valence-electron chi connectivity index (χ0n) is 18.0. The Balaban J connectivity index is 1.69. The molecule has 1 amide bonds. The average Bonchev–Trinajstić information content (AvgIpc) is 3.19. The Morgan fingerprint density at radius 2 is 1.76 bits per heavy atom. The summed E-state index contributed by atoms with van der Waals surface area (Å²) in [5.74, 6) is -0.507. The normalized spacial score (nSPS) is 12.1. The van der Waals surface area contributed by atoms with Crippen molar-refractivity contribution in [1.82, 2.24) is 4.57 Å². The van der Waals surface area contributed by atoms with Gasteiger partial charge in [0.1, 0.15) is 0 Å². The number of hydrogen-bond donors (Lipinski definition) is 0. The second-order valence-electron chi connectivity index (χ2n) is 7.24. The van der Waals surface area contributed by atoms with Crippen molar-refractivity contribution < 1.29 is 13.2 Å². The van der Waals surface area contributed by atoms with Crippen LogP contribution in [-0.2, 0) is 16.6 Å². The van der Waals surface area contributed by atoms with Gasteiger partial charge in [-0.3, -0.25) is 9.10 Å². The van der Waals surface area contributed by atoms with Crippen LogP contribution in [0.3, 0.4) is 0 Å². The van der Waals surface area contributed by atoms with Crippen LogP contribution in [0, 0.1) is 0 Å². The van der Waals surface area contributed by atoms with E-state index in [1.807, 2.05) is 12.1 Å². The summed E-state index contributed by atoms with van der Waals surface area (Å²) in [6.07, 6.45) is 1.68. The van der Waals surface area contributed by atoms with Crippen LogP contribution in [-0.4, -0.2) is 25.9 Å². The summed E-state index contributed by atoms with van der Waals surface area (Å²) in [4.78, 5) is 17.7. The third kappa shape index (κ3) is 4.54. The molecule has 0 bridgehead atoms. The van der Waals surface area contributed by atoms with Crippen molar-refractivity contribution in [3.63, 3.8) is 0 Å². The number of allylic oxidation sites excluding steroid dienone is 1. The first kappa shape index (κ1) is 24.2. The van der Waals surface area contributed by atoms with E-state index in [2.05, 4.69) is 11.6 Å². The lowest BCUT2D eigenvalue weighted by molar-refractivity contribution is 0.0998. The molecule has 174 valence electrons. The van der Waals surface area contributed by atoms with Gasteiger partial charge in [-0.1, -0.05) is 58.8 Å². The van der Waals surface area contributed by atoms with Gasteiger partial charge < -0.3 is 4.57 Å². The zero-order valence-corrected chi connectivity index (χ0v) is 21.1. The van der Waals surface area contributed by atoms with E-state index in [0.717, 1.165) is 4.70 Å². The minimum Gasteiger partial charge on any atom is -0.311 e. The summed E-state index contributed by atoms with van der Waals surface area (Å²) in [5.41, 5.74) is 1.47. The monoisotopic (exact) mass is 531 g/mol. The summed E-state index contributed by atoms with van der Waals surface area (Å²) >= 11 is 13.9. The molecular formula is C24H19Cl2N3O3S2. The minimum atomic E-state index is -3.78. The van der Waals surface area contributed by atoms with Crippen molar-refractivity contribution in [2.45, 2.75) is 11.4 Å². The maximum absolute atomic E-state index is 13.0. The topological polar surface area (TPSA) is 71.7 Å². The molecule has 1 aromatic heterocycles. The van der Waals surface area contributed by atoms with Gasteiger partial charge in [0.15, 0.2) is 4.80 Å². The van der Waals surface area contributed by atoms with Gasteiger partial charge in [-0.2, -0.15) is 4.99 Å². The molecule has 0 unspecified atom stereocenters. The van der Waals surface area contributed by atoms with Gasteiger partial charge in [0.25, 0.3) is 15.9 Å². The molecular weight excluding hydrogens is 513 g/mol. The number of aromatic nitrogens is 1. The maximum Gasteiger partial charge on any atom is 0.279 e.